The van der Waals surface area contributed by atoms with E-state index in [4.69, 9.17) is 0 Å². The summed E-state index contributed by atoms with van der Waals surface area (Å²) in [7, 11) is 0. The normalized spacial score (nSPS) is 15.0. The maximum Gasteiger partial charge on any atom is 0.246 e. The van der Waals surface area contributed by atoms with E-state index in [0.717, 1.165) is 24.2 Å². The van der Waals surface area contributed by atoms with Gasteiger partial charge in [0.05, 0.1) is 0 Å². The molecule has 1 aliphatic heterocycles. The van der Waals surface area contributed by atoms with Crippen molar-refractivity contribution < 1.29 is 18.4 Å². The predicted molar refractivity (Wildman–Crippen MR) is 96.1 cm³/mol. The van der Waals surface area contributed by atoms with Gasteiger partial charge in [-0.2, -0.15) is 0 Å². The number of halogens is 2. The standard InChI is InChI=1S/C19H19F2N3O2/c1-12(19(26)23-14-7-8-16(20)17(21)11-14)22-13-4-2-5-15(10-13)24-9-3-6-18(24)25/h2,4-5,7-8,10-12,22H,3,6,9H2,1H3,(H,23,26). The number of hydrogen-bond acceptors (Lipinski definition) is 3. The van der Waals surface area contributed by atoms with Crippen molar-refractivity contribution in [3.8, 4) is 0 Å². The average Bonchev–Trinajstić information content (AvgIpc) is 3.04. The van der Waals surface area contributed by atoms with Crippen molar-refractivity contribution in [3.63, 3.8) is 0 Å². The molecular formula is C19H19F2N3O2. The summed E-state index contributed by atoms with van der Waals surface area (Å²) in [6.45, 7) is 2.34. The molecule has 26 heavy (non-hydrogen) atoms. The summed E-state index contributed by atoms with van der Waals surface area (Å²) in [5.74, 6) is -2.29. The van der Waals surface area contributed by atoms with Gasteiger partial charge in [0.2, 0.25) is 11.8 Å². The van der Waals surface area contributed by atoms with Gasteiger partial charge in [0.1, 0.15) is 6.04 Å². The van der Waals surface area contributed by atoms with Crippen LogP contribution in [-0.2, 0) is 9.59 Å². The van der Waals surface area contributed by atoms with E-state index < -0.39 is 23.6 Å². The van der Waals surface area contributed by atoms with E-state index in [1.54, 1.807) is 17.9 Å². The fourth-order valence-electron chi connectivity index (χ4n) is 2.82. The Morgan fingerprint density at radius 1 is 1.12 bits per heavy atom. The topological polar surface area (TPSA) is 61.4 Å². The zero-order valence-corrected chi connectivity index (χ0v) is 14.3. The van der Waals surface area contributed by atoms with Crippen LogP contribution < -0.4 is 15.5 Å². The highest BCUT2D eigenvalue weighted by molar-refractivity contribution is 5.97. The molecule has 2 aromatic carbocycles. The lowest BCUT2D eigenvalue weighted by atomic mass is 10.2. The SMILES string of the molecule is CC(Nc1cccc(N2CCCC2=O)c1)C(=O)Nc1ccc(F)c(F)c1. The maximum absolute atomic E-state index is 13.2. The van der Waals surface area contributed by atoms with Gasteiger partial charge in [0.25, 0.3) is 0 Å². The fourth-order valence-corrected chi connectivity index (χ4v) is 2.82. The second-order valence-corrected chi connectivity index (χ2v) is 6.18. The summed E-state index contributed by atoms with van der Waals surface area (Å²) in [6, 6.07) is 9.83. The average molecular weight is 359 g/mol. The highest BCUT2D eigenvalue weighted by Gasteiger charge is 2.22. The minimum absolute atomic E-state index is 0.0891. The van der Waals surface area contributed by atoms with Crippen LogP contribution in [0.3, 0.4) is 0 Å². The third-order valence-electron chi connectivity index (χ3n) is 4.19. The summed E-state index contributed by atoms with van der Waals surface area (Å²) in [5.41, 5.74) is 1.65. The van der Waals surface area contributed by atoms with Crippen molar-refractivity contribution in [2.24, 2.45) is 0 Å². The first-order valence-corrected chi connectivity index (χ1v) is 8.37. The molecule has 2 N–H and O–H groups in total. The smallest absolute Gasteiger partial charge is 0.246 e. The molecular weight excluding hydrogens is 340 g/mol. The molecule has 0 bridgehead atoms. The first-order chi connectivity index (χ1) is 12.4. The molecule has 1 unspecified atom stereocenters. The molecule has 7 heteroatoms. The van der Waals surface area contributed by atoms with E-state index in [0.29, 0.717) is 18.7 Å². The van der Waals surface area contributed by atoms with Crippen LogP contribution in [0.4, 0.5) is 25.8 Å². The summed E-state index contributed by atoms with van der Waals surface area (Å²) in [6.07, 6.45) is 1.38. The Morgan fingerprint density at radius 2 is 1.92 bits per heavy atom. The van der Waals surface area contributed by atoms with Gasteiger partial charge in [-0.1, -0.05) is 6.07 Å². The van der Waals surface area contributed by atoms with Crippen LogP contribution >= 0.6 is 0 Å². The Labute approximate surface area is 150 Å². The fraction of sp³-hybridized carbons (Fsp3) is 0.263. The number of rotatable bonds is 5. The van der Waals surface area contributed by atoms with E-state index >= 15 is 0 Å². The first kappa shape index (κ1) is 17.8. The van der Waals surface area contributed by atoms with E-state index in [2.05, 4.69) is 10.6 Å². The van der Waals surface area contributed by atoms with Gasteiger partial charge in [-0.15, -0.1) is 0 Å². The zero-order valence-electron chi connectivity index (χ0n) is 14.3. The van der Waals surface area contributed by atoms with Crippen LogP contribution in [0.5, 0.6) is 0 Å². The Hall–Kier alpha value is -2.96. The van der Waals surface area contributed by atoms with Crippen molar-refractivity contribution in [2.75, 3.05) is 22.1 Å². The number of carbonyl (C=O) groups excluding carboxylic acids is 2. The van der Waals surface area contributed by atoms with Gasteiger partial charge in [-0.05, 0) is 43.7 Å². The molecule has 1 fully saturated rings. The van der Waals surface area contributed by atoms with Gasteiger partial charge in [0.15, 0.2) is 11.6 Å². The molecule has 5 nitrogen and oxygen atoms in total. The third-order valence-corrected chi connectivity index (χ3v) is 4.19. The summed E-state index contributed by atoms with van der Waals surface area (Å²) < 4.78 is 26.2. The van der Waals surface area contributed by atoms with E-state index in [9.17, 15) is 18.4 Å². The second-order valence-electron chi connectivity index (χ2n) is 6.18. The molecule has 1 atom stereocenters. The number of amides is 2. The van der Waals surface area contributed by atoms with E-state index in [1.165, 1.54) is 6.07 Å². The van der Waals surface area contributed by atoms with Crippen molar-refractivity contribution >= 4 is 28.9 Å². The molecule has 2 amide bonds. The third kappa shape index (κ3) is 3.99. The maximum atomic E-state index is 13.2. The van der Waals surface area contributed by atoms with Crippen LogP contribution in [0.15, 0.2) is 42.5 Å². The van der Waals surface area contributed by atoms with Crippen molar-refractivity contribution in [2.45, 2.75) is 25.8 Å². The molecule has 2 aromatic rings. The summed E-state index contributed by atoms with van der Waals surface area (Å²) >= 11 is 0. The quantitative estimate of drug-likeness (QED) is 0.859. The Balaban J connectivity index is 1.65. The predicted octanol–water partition coefficient (Wildman–Crippen LogP) is 3.53. The molecule has 1 aliphatic rings. The van der Waals surface area contributed by atoms with Crippen molar-refractivity contribution in [1.82, 2.24) is 0 Å². The molecule has 1 saturated heterocycles. The zero-order chi connectivity index (χ0) is 18.7. The van der Waals surface area contributed by atoms with Crippen molar-refractivity contribution in [1.29, 1.82) is 0 Å². The lowest BCUT2D eigenvalue weighted by Crippen LogP contribution is -2.32. The van der Waals surface area contributed by atoms with Crippen LogP contribution in [0.25, 0.3) is 0 Å². The van der Waals surface area contributed by atoms with Gasteiger partial charge >= 0.3 is 0 Å². The van der Waals surface area contributed by atoms with Crippen LogP contribution in [0.1, 0.15) is 19.8 Å². The molecule has 0 spiro atoms. The van der Waals surface area contributed by atoms with Crippen LogP contribution in [0.2, 0.25) is 0 Å². The highest BCUT2D eigenvalue weighted by atomic mass is 19.2. The number of nitrogens with one attached hydrogen (secondary N) is 2. The van der Waals surface area contributed by atoms with Crippen molar-refractivity contribution in [3.05, 3.63) is 54.1 Å². The number of hydrogen-bond donors (Lipinski definition) is 2. The summed E-state index contributed by atoms with van der Waals surface area (Å²) in [4.78, 5) is 25.8. The molecule has 136 valence electrons. The Bertz CT molecular complexity index is 841. The highest BCUT2D eigenvalue weighted by Crippen LogP contribution is 2.24. The summed E-state index contributed by atoms with van der Waals surface area (Å²) in [5, 5.41) is 5.58. The largest absolute Gasteiger partial charge is 0.374 e. The van der Waals surface area contributed by atoms with E-state index in [-0.39, 0.29) is 11.6 Å². The first-order valence-electron chi connectivity index (χ1n) is 8.37. The Kier molecular flexibility index (Phi) is 5.16. The molecule has 0 aromatic heterocycles. The van der Waals surface area contributed by atoms with Crippen LogP contribution in [-0.4, -0.2) is 24.4 Å². The van der Waals surface area contributed by atoms with E-state index in [1.807, 2.05) is 18.2 Å². The van der Waals surface area contributed by atoms with Gasteiger partial charge < -0.3 is 15.5 Å². The molecule has 3 rings (SSSR count). The molecule has 0 aliphatic carbocycles. The molecule has 0 saturated carbocycles. The van der Waals surface area contributed by atoms with Gasteiger partial charge in [-0.25, -0.2) is 8.78 Å². The lowest BCUT2D eigenvalue weighted by Gasteiger charge is -2.19. The number of nitrogens with zero attached hydrogens (tertiary/aromatic N) is 1. The minimum Gasteiger partial charge on any atom is -0.374 e. The lowest BCUT2D eigenvalue weighted by molar-refractivity contribution is -0.117. The molecule has 0 radical (unpaired) electrons. The van der Waals surface area contributed by atoms with Crippen LogP contribution in [0, 0.1) is 11.6 Å². The minimum atomic E-state index is -1.02. The van der Waals surface area contributed by atoms with Gasteiger partial charge in [-0.3, -0.25) is 9.59 Å². The molecule has 1 heterocycles. The Morgan fingerprint density at radius 3 is 2.62 bits per heavy atom. The number of benzene rings is 2. The number of anilines is 3. The second kappa shape index (κ2) is 7.51. The van der Waals surface area contributed by atoms with Gasteiger partial charge in [0, 0.05) is 36.1 Å². The number of carbonyl (C=O) groups is 2. The monoisotopic (exact) mass is 359 g/mol.